The molecule has 4 unspecified atom stereocenters. The van der Waals surface area contributed by atoms with E-state index in [9.17, 15) is 28.8 Å². The Morgan fingerprint density at radius 2 is 0.688 bits per heavy atom. The van der Waals surface area contributed by atoms with E-state index in [4.69, 9.17) is 30.6 Å². The van der Waals surface area contributed by atoms with Gasteiger partial charge in [-0.1, -0.05) is 0 Å². The molecule has 0 aromatic carbocycles. The van der Waals surface area contributed by atoms with E-state index < -0.39 is 83.2 Å². The molecule has 0 amide bonds. The van der Waals surface area contributed by atoms with Gasteiger partial charge in [0.25, 0.3) is 0 Å². The van der Waals surface area contributed by atoms with E-state index in [1.165, 1.54) is 0 Å². The zero-order chi connectivity index (χ0) is 24.1. The van der Waals surface area contributed by atoms with E-state index in [0.29, 0.717) is 25.7 Å². The van der Waals surface area contributed by atoms with Crippen LogP contribution in [0.3, 0.4) is 0 Å². The van der Waals surface area contributed by atoms with Gasteiger partial charge in [0, 0.05) is 0 Å². The van der Waals surface area contributed by atoms with Gasteiger partial charge in [-0.05, 0) is 49.4 Å². The molecule has 4 fully saturated rings. The summed E-state index contributed by atoms with van der Waals surface area (Å²) in [5.74, 6) is -13.6. The molecule has 0 spiro atoms. The maximum Gasteiger partial charge on any atom is 0.307 e. The van der Waals surface area contributed by atoms with Crippen molar-refractivity contribution < 1.29 is 59.4 Å². The van der Waals surface area contributed by atoms with Crippen LogP contribution in [-0.2, 0) is 28.8 Å². The van der Waals surface area contributed by atoms with Crippen LogP contribution in [-0.4, -0.2) is 66.5 Å². The lowest BCUT2D eigenvalue weighted by molar-refractivity contribution is -0.160. The molecule has 10 atom stereocenters. The van der Waals surface area contributed by atoms with Crippen LogP contribution in [0.5, 0.6) is 0 Å². The third kappa shape index (κ3) is 3.78. The first kappa shape index (κ1) is 23.5. The second-order valence-electron chi connectivity index (χ2n) is 9.14. The van der Waals surface area contributed by atoms with Gasteiger partial charge in [-0.15, -0.1) is 0 Å². The molecular weight excluding hydrogens is 432 g/mol. The number of aliphatic carboxylic acids is 6. The minimum absolute atomic E-state index is 0.292. The third-order valence-electron chi connectivity index (χ3n) is 7.78. The molecule has 6 N–H and O–H groups in total. The molecule has 4 bridgehead atoms. The molecule has 4 aliphatic carbocycles. The number of carboxylic acid groups (broad SMARTS) is 6. The van der Waals surface area contributed by atoms with Crippen LogP contribution in [0.2, 0.25) is 0 Å². The highest BCUT2D eigenvalue weighted by atomic mass is 16.4. The molecule has 0 aliphatic heterocycles. The van der Waals surface area contributed by atoms with Gasteiger partial charge >= 0.3 is 35.8 Å². The summed E-state index contributed by atoms with van der Waals surface area (Å²) >= 11 is 0. The van der Waals surface area contributed by atoms with Gasteiger partial charge in [0.15, 0.2) is 0 Å². The molecule has 32 heavy (non-hydrogen) atoms. The molecule has 0 aromatic rings. The van der Waals surface area contributed by atoms with Gasteiger partial charge in [-0.2, -0.15) is 0 Å². The van der Waals surface area contributed by atoms with Crippen molar-refractivity contribution in [1.82, 2.24) is 0 Å². The lowest BCUT2D eigenvalue weighted by Crippen LogP contribution is -2.40. The summed E-state index contributed by atoms with van der Waals surface area (Å²) in [7, 11) is 0. The summed E-state index contributed by atoms with van der Waals surface area (Å²) in [5, 5.41) is 53.8. The highest BCUT2D eigenvalue weighted by Crippen LogP contribution is 2.56. The van der Waals surface area contributed by atoms with Crippen molar-refractivity contribution in [3.05, 3.63) is 0 Å². The fourth-order valence-corrected chi connectivity index (χ4v) is 6.67. The highest BCUT2D eigenvalue weighted by Gasteiger charge is 2.61. The second-order valence-corrected chi connectivity index (χ2v) is 9.14. The van der Waals surface area contributed by atoms with Crippen LogP contribution in [0.15, 0.2) is 0 Å². The fourth-order valence-electron chi connectivity index (χ4n) is 6.67. The van der Waals surface area contributed by atoms with E-state index in [1.807, 2.05) is 0 Å². The van der Waals surface area contributed by atoms with Crippen LogP contribution in [0.4, 0.5) is 0 Å². The van der Waals surface area contributed by atoms with E-state index in [1.54, 1.807) is 0 Å². The number of carbonyl (C=O) groups is 6. The van der Waals surface area contributed by atoms with Gasteiger partial charge in [0.2, 0.25) is 0 Å². The summed E-state index contributed by atoms with van der Waals surface area (Å²) in [4.78, 5) is 65.8. The zero-order valence-electron chi connectivity index (χ0n) is 16.7. The largest absolute Gasteiger partial charge is 0.481 e. The fraction of sp³-hybridized carbons (Fsp3) is 0.700. The van der Waals surface area contributed by atoms with Crippen LogP contribution >= 0.6 is 0 Å². The molecule has 4 aliphatic rings. The Kier molecular flexibility index (Phi) is 6.16. The quantitative estimate of drug-likeness (QED) is 0.316. The molecule has 0 radical (unpaired) electrons. The standard InChI is InChI=1S/2C10H12O6/c2*11-8(12)5-2-3-1-4(5)7(10(15)16)6(3)9(13)14/h2*3-7H,1-2H2,(H,11,12)(H,13,14)(H,15,16)/t3?,4?,5-,6+,7-;3?,4?,5-,6-,7+/m10/s1. The van der Waals surface area contributed by atoms with E-state index in [0.717, 1.165) is 0 Å². The van der Waals surface area contributed by atoms with Gasteiger partial charge in [0.1, 0.15) is 0 Å². The zero-order valence-corrected chi connectivity index (χ0v) is 16.7. The Bertz CT molecular complexity index is 795. The van der Waals surface area contributed by atoms with Crippen LogP contribution < -0.4 is 0 Å². The van der Waals surface area contributed by atoms with Crippen LogP contribution in [0.1, 0.15) is 25.7 Å². The van der Waals surface area contributed by atoms with Gasteiger partial charge in [-0.3, -0.25) is 28.8 Å². The minimum Gasteiger partial charge on any atom is -0.481 e. The Hall–Kier alpha value is -3.18. The maximum absolute atomic E-state index is 11.0. The summed E-state index contributed by atoms with van der Waals surface area (Å²) in [6.45, 7) is 0. The number of rotatable bonds is 6. The minimum atomic E-state index is -1.19. The predicted octanol–water partition coefficient (Wildman–Crippen LogP) is 0.257. The normalized spacial score (nSPS) is 40.9. The molecule has 4 saturated carbocycles. The molecule has 0 heterocycles. The summed E-state index contributed by atoms with van der Waals surface area (Å²) < 4.78 is 0. The van der Waals surface area contributed by atoms with Crippen molar-refractivity contribution in [2.75, 3.05) is 0 Å². The number of hydrogen-bond acceptors (Lipinski definition) is 6. The van der Waals surface area contributed by atoms with E-state index >= 15 is 0 Å². The van der Waals surface area contributed by atoms with Crippen molar-refractivity contribution >= 4 is 35.8 Å². The van der Waals surface area contributed by atoms with E-state index in [-0.39, 0.29) is 11.8 Å². The van der Waals surface area contributed by atoms with Gasteiger partial charge < -0.3 is 30.6 Å². The van der Waals surface area contributed by atoms with Crippen LogP contribution in [0.25, 0.3) is 0 Å². The summed E-state index contributed by atoms with van der Waals surface area (Å²) in [6, 6.07) is 0. The summed E-state index contributed by atoms with van der Waals surface area (Å²) in [5.41, 5.74) is 0. The van der Waals surface area contributed by atoms with Gasteiger partial charge in [-0.25, -0.2) is 0 Å². The Morgan fingerprint density at radius 1 is 0.406 bits per heavy atom. The molecule has 0 aromatic heterocycles. The molecule has 4 rings (SSSR count). The Morgan fingerprint density at radius 3 is 0.906 bits per heavy atom. The number of fused-ring (bicyclic) bond motifs is 4. The Balaban J connectivity index is 0.000000181. The lowest BCUT2D eigenvalue weighted by atomic mass is 9.74. The van der Waals surface area contributed by atoms with Crippen molar-refractivity contribution in [2.24, 2.45) is 59.2 Å². The summed E-state index contributed by atoms with van der Waals surface area (Å²) in [6.07, 6.45) is 1.40. The maximum atomic E-state index is 11.0. The van der Waals surface area contributed by atoms with Crippen molar-refractivity contribution in [2.45, 2.75) is 25.7 Å². The average molecular weight is 456 g/mol. The molecule has 0 saturated heterocycles. The lowest BCUT2D eigenvalue weighted by Gasteiger charge is -2.28. The first-order valence-electron chi connectivity index (χ1n) is 10.2. The Labute approximate surface area is 180 Å². The van der Waals surface area contributed by atoms with Crippen molar-refractivity contribution in [3.8, 4) is 0 Å². The first-order valence-corrected chi connectivity index (χ1v) is 10.2. The van der Waals surface area contributed by atoms with E-state index in [2.05, 4.69) is 0 Å². The average Bonchev–Trinajstić information content (AvgIpc) is 3.43. The van der Waals surface area contributed by atoms with Crippen LogP contribution in [0, 0.1) is 59.2 Å². The molecule has 12 nitrogen and oxygen atoms in total. The topological polar surface area (TPSA) is 224 Å². The number of hydrogen-bond donors (Lipinski definition) is 6. The number of carboxylic acids is 6. The van der Waals surface area contributed by atoms with Gasteiger partial charge in [0.05, 0.1) is 35.5 Å². The first-order chi connectivity index (χ1) is 14.9. The predicted molar refractivity (Wildman–Crippen MR) is 99.2 cm³/mol. The van der Waals surface area contributed by atoms with Crippen molar-refractivity contribution in [1.29, 1.82) is 0 Å². The highest BCUT2D eigenvalue weighted by molar-refractivity contribution is 5.84. The smallest absolute Gasteiger partial charge is 0.307 e. The SMILES string of the molecule is O=C(O)[C@@H]1C2CC(C[C@H]2C(=O)O)[C@@H]1C(=O)O.O=C(O)[C@H]1CC2CC1[C@@H](C(=O)O)[C@H]2C(=O)O. The second kappa shape index (κ2) is 8.40. The van der Waals surface area contributed by atoms with Crippen molar-refractivity contribution in [3.63, 3.8) is 0 Å². The molecule has 12 heteroatoms. The molecular formula is C20H24O12. The third-order valence-corrected chi connectivity index (χ3v) is 7.78. The monoisotopic (exact) mass is 456 g/mol. The molecule has 176 valence electrons.